The van der Waals surface area contributed by atoms with Gasteiger partial charge in [-0.25, -0.2) is 4.98 Å². The topological polar surface area (TPSA) is 65.4 Å². The summed E-state index contributed by atoms with van der Waals surface area (Å²) in [5.41, 5.74) is 3.49. The third kappa shape index (κ3) is 4.17. The molecule has 1 amide bonds. The SMILES string of the molecule is C=CCc1cc(C(=O)NCCCn2cnc3ccccc32)cc(OC)c1OC. The molecule has 0 radical (unpaired) electrons. The van der Waals surface area contributed by atoms with Crippen molar-refractivity contribution in [3.63, 3.8) is 0 Å². The third-order valence-corrected chi connectivity index (χ3v) is 4.57. The maximum atomic E-state index is 12.6. The lowest BCUT2D eigenvalue weighted by Crippen LogP contribution is -2.25. The average molecular weight is 379 g/mol. The molecule has 1 heterocycles. The molecule has 2 aromatic carbocycles. The number of aromatic nitrogens is 2. The number of carbonyl (C=O) groups is 1. The van der Waals surface area contributed by atoms with Gasteiger partial charge in [-0.05, 0) is 37.1 Å². The Kier molecular flexibility index (Phi) is 6.32. The maximum Gasteiger partial charge on any atom is 0.251 e. The van der Waals surface area contributed by atoms with Gasteiger partial charge >= 0.3 is 0 Å². The summed E-state index contributed by atoms with van der Waals surface area (Å²) in [5.74, 6) is 1.03. The maximum absolute atomic E-state index is 12.6. The Morgan fingerprint density at radius 3 is 2.82 bits per heavy atom. The molecular weight excluding hydrogens is 354 g/mol. The van der Waals surface area contributed by atoms with Crippen LogP contribution in [0.5, 0.6) is 11.5 Å². The van der Waals surface area contributed by atoms with Gasteiger partial charge in [-0.3, -0.25) is 4.79 Å². The number of hydrogen-bond acceptors (Lipinski definition) is 4. The largest absolute Gasteiger partial charge is 0.493 e. The standard InChI is InChI=1S/C22H25N3O3/c1-4-8-16-13-17(14-20(27-2)21(16)28-3)22(26)23-11-7-12-25-15-24-18-9-5-6-10-19(18)25/h4-6,9-10,13-15H,1,7-8,11-12H2,2-3H3,(H,23,26). The van der Waals surface area contributed by atoms with Crippen molar-refractivity contribution in [3.05, 3.63) is 66.5 Å². The van der Waals surface area contributed by atoms with Crippen LogP contribution in [0.4, 0.5) is 0 Å². The summed E-state index contributed by atoms with van der Waals surface area (Å²) in [4.78, 5) is 17.0. The molecule has 6 nitrogen and oxygen atoms in total. The van der Waals surface area contributed by atoms with Crippen LogP contribution in [0.2, 0.25) is 0 Å². The van der Waals surface area contributed by atoms with Gasteiger partial charge < -0.3 is 19.4 Å². The molecule has 1 aromatic heterocycles. The molecule has 6 heteroatoms. The second-order valence-corrected chi connectivity index (χ2v) is 6.40. The van der Waals surface area contributed by atoms with Crippen molar-refractivity contribution < 1.29 is 14.3 Å². The van der Waals surface area contributed by atoms with Crippen molar-refractivity contribution in [3.8, 4) is 11.5 Å². The van der Waals surface area contributed by atoms with Crippen molar-refractivity contribution in [2.24, 2.45) is 0 Å². The summed E-state index contributed by atoms with van der Waals surface area (Å²) >= 11 is 0. The van der Waals surface area contributed by atoms with E-state index in [9.17, 15) is 4.79 Å². The quantitative estimate of drug-likeness (QED) is 0.456. The van der Waals surface area contributed by atoms with E-state index in [0.717, 1.165) is 29.6 Å². The van der Waals surface area contributed by atoms with E-state index in [2.05, 4.69) is 21.4 Å². The Hall–Kier alpha value is -3.28. The lowest BCUT2D eigenvalue weighted by atomic mass is 10.0. The zero-order valence-corrected chi connectivity index (χ0v) is 16.3. The molecule has 0 atom stereocenters. The molecule has 0 spiro atoms. The van der Waals surface area contributed by atoms with Crippen molar-refractivity contribution in [2.75, 3.05) is 20.8 Å². The number of para-hydroxylation sites is 2. The number of aryl methyl sites for hydroxylation is 1. The van der Waals surface area contributed by atoms with Crippen LogP contribution in [0.3, 0.4) is 0 Å². The first-order valence-corrected chi connectivity index (χ1v) is 9.21. The van der Waals surface area contributed by atoms with Gasteiger partial charge in [0.15, 0.2) is 11.5 Å². The van der Waals surface area contributed by atoms with E-state index >= 15 is 0 Å². The van der Waals surface area contributed by atoms with Crippen LogP contribution in [-0.4, -0.2) is 36.2 Å². The Morgan fingerprint density at radius 2 is 2.07 bits per heavy atom. The summed E-state index contributed by atoms with van der Waals surface area (Å²) in [6.07, 6.45) is 5.00. The second-order valence-electron chi connectivity index (χ2n) is 6.40. The van der Waals surface area contributed by atoms with Gasteiger partial charge in [0.2, 0.25) is 0 Å². The predicted molar refractivity (Wildman–Crippen MR) is 110 cm³/mol. The van der Waals surface area contributed by atoms with Crippen molar-refractivity contribution in [1.82, 2.24) is 14.9 Å². The fourth-order valence-electron chi connectivity index (χ4n) is 3.22. The molecule has 0 fully saturated rings. The zero-order chi connectivity index (χ0) is 19.9. The third-order valence-electron chi connectivity index (χ3n) is 4.57. The average Bonchev–Trinajstić information content (AvgIpc) is 3.13. The lowest BCUT2D eigenvalue weighted by Gasteiger charge is -2.14. The molecule has 0 saturated heterocycles. The highest BCUT2D eigenvalue weighted by atomic mass is 16.5. The molecule has 0 aliphatic heterocycles. The minimum absolute atomic E-state index is 0.137. The molecule has 0 aliphatic rings. The molecule has 0 saturated carbocycles. The smallest absolute Gasteiger partial charge is 0.251 e. The van der Waals surface area contributed by atoms with Crippen LogP contribution in [-0.2, 0) is 13.0 Å². The fraction of sp³-hybridized carbons (Fsp3) is 0.273. The fourth-order valence-corrected chi connectivity index (χ4v) is 3.22. The number of nitrogens with zero attached hydrogens (tertiary/aromatic N) is 2. The molecule has 0 unspecified atom stereocenters. The Morgan fingerprint density at radius 1 is 1.25 bits per heavy atom. The number of methoxy groups -OCH3 is 2. The number of allylic oxidation sites excluding steroid dienone is 1. The van der Waals surface area contributed by atoms with Crippen LogP contribution < -0.4 is 14.8 Å². The normalized spacial score (nSPS) is 10.6. The summed E-state index contributed by atoms with van der Waals surface area (Å²) < 4.78 is 12.9. The molecule has 3 aromatic rings. The Labute approximate surface area is 164 Å². The molecular formula is C22H25N3O3. The highest BCUT2D eigenvalue weighted by Crippen LogP contribution is 2.33. The first-order valence-electron chi connectivity index (χ1n) is 9.21. The van der Waals surface area contributed by atoms with E-state index in [1.807, 2.05) is 36.7 Å². The molecule has 0 aliphatic carbocycles. The molecule has 3 rings (SSSR count). The Bertz CT molecular complexity index is 978. The van der Waals surface area contributed by atoms with E-state index < -0.39 is 0 Å². The van der Waals surface area contributed by atoms with E-state index in [-0.39, 0.29) is 5.91 Å². The first-order chi connectivity index (χ1) is 13.7. The number of nitrogens with one attached hydrogen (secondary N) is 1. The number of rotatable bonds is 9. The van der Waals surface area contributed by atoms with E-state index in [4.69, 9.17) is 9.47 Å². The van der Waals surface area contributed by atoms with E-state index in [0.29, 0.717) is 30.0 Å². The van der Waals surface area contributed by atoms with E-state index in [1.54, 1.807) is 26.4 Å². The van der Waals surface area contributed by atoms with Gasteiger partial charge in [0.1, 0.15) is 0 Å². The number of hydrogen-bond donors (Lipinski definition) is 1. The molecule has 0 bridgehead atoms. The lowest BCUT2D eigenvalue weighted by molar-refractivity contribution is 0.0952. The second kappa shape index (κ2) is 9.08. The predicted octanol–water partition coefficient (Wildman–Crippen LogP) is 3.60. The van der Waals surface area contributed by atoms with Gasteiger partial charge in [-0.15, -0.1) is 6.58 Å². The number of carbonyl (C=O) groups excluding carboxylic acids is 1. The summed E-state index contributed by atoms with van der Waals surface area (Å²) in [5, 5.41) is 2.97. The van der Waals surface area contributed by atoms with Gasteiger partial charge in [0.25, 0.3) is 5.91 Å². The number of fused-ring (bicyclic) bond motifs is 1. The summed E-state index contributed by atoms with van der Waals surface area (Å²) in [7, 11) is 3.15. The van der Waals surface area contributed by atoms with Gasteiger partial charge in [-0.1, -0.05) is 18.2 Å². The van der Waals surface area contributed by atoms with Crippen LogP contribution in [0.15, 0.2) is 55.4 Å². The molecule has 28 heavy (non-hydrogen) atoms. The minimum atomic E-state index is -0.137. The molecule has 146 valence electrons. The highest BCUT2D eigenvalue weighted by molar-refractivity contribution is 5.95. The van der Waals surface area contributed by atoms with Crippen molar-refractivity contribution >= 4 is 16.9 Å². The van der Waals surface area contributed by atoms with Crippen LogP contribution >= 0.6 is 0 Å². The van der Waals surface area contributed by atoms with Crippen LogP contribution in [0.1, 0.15) is 22.3 Å². The van der Waals surface area contributed by atoms with Crippen molar-refractivity contribution in [2.45, 2.75) is 19.4 Å². The summed E-state index contributed by atoms with van der Waals surface area (Å²) in [6, 6.07) is 11.5. The van der Waals surface area contributed by atoms with Crippen LogP contribution in [0, 0.1) is 0 Å². The zero-order valence-electron chi connectivity index (χ0n) is 16.3. The number of benzene rings is 2. The van der Waals surface area contributed by atoms with Crippen LogP contribution in [0.25, 0.3) is 11.0 Å². The monoisotopic (exact) mass is 379 g/mol. The Balaban J connectivity index is 1.63. The number of ether oxygens (including phenoxy) is 2. The van der Waals surface area contributed by atoms with Gasteiger partial charge in [0.05, 0.1) is 31.6 Å². The van der Waals surface area contributed by atoms with Crippen molar-refractivity contribution in [1.29, 1.82) is 0 Å². The first kappa shape index (κ1) is 19.5. The van der Waals surface area contributed by atoms with Gasteiger partial charge in [-0.2, -0.15) is 0 Å². The number of imidazole rings is 1. The number of amides is 1. The minimum Gasteiger partial charge on any atom is -0.493 e. The summed E-state index contributed by atoms with van der Waals surface area (Å²) in [6.45, 7) is 5.12. The van der Waals surface area contributed by atoms with Gasteiger partial charge in [0, 0.05) is 24.2 Å². The highest BCUT2D eigenvalue weighted by Gasteiger charge is 2.15. The molecule has 1 N–H and O–H groups in total. The van der Waals surface area contributed by atoms with E-state index in [1.165, 1.54) is 0 Å².